The number of nitrogens with zero attached hydrogens (tertiary/aromatic N) is 1. The zero-order valence-corrected chi connectivity index (χ0v) is 13.5. The van der Waals surface area contributed by atoms with Crippen molar-refractivity contribution >= 4 is 15.9 Å². The fourth-order valence-electron chi connectivity index (χ4n) is 3.70. The van der Waals surface area contributed by atoms with Gasteiger partial charge in [0.05, 0.1) is 0 Å². The first-order valence-corrected chi connectivity index (χ1v) is 8.63. The van der Waals surface area contributed by atoms with Crippen molar-refractivity contribution in [3.05, 3.63) is 34.9 Å². The van der Waals surface area contributed by atoms with Gasteiger partial charge < -0.3 is 0 Å². The van der Waals surface area contributed by atoms with E-state index in [2.05, 4.69) is 46.0 Å². The van der Waals surface area contributed by atoms with Gasteiger partial charge in [-0.3, -0.25) is 4.90 Å². The predicted octanol–water partition coefficient (Wildman–Crippen LogP) is 4.31. The Hall–Kier alpha value is -0.340. The standard InChI is InChI=1S/C17H24BrN/c1-13(18)10-17-6-3-9-19(17)12-14-7-8-15-4-2-5-16(15)11-14/h7-8,11,13,17H,2-6,9-10,12H2,1H3. The summed E-state index contributed by atoms with van der Waals surface area (Å²) < 4.78 is 0. The average molecular weight is 322 g/mol. The number of alkyl halides is 1. The Morgan fingerprint density at radius 2 is 2.11 bits per heavy atom. The Bertz CT molecular complexity index is 441. The topological polar surface area (TPSA) is 3.24 Å². The lowest BCUT2D eigenvalue weighted by Gasteiger charge is -2.25. The molecule has 0 spiro atoms. The lowest BCUT2D eigenvalue weighted by Crippen LogP contribution is -2.30. The Labute approximate surface area is 125 Å². The number of likely N-dealkylation sites (tertiary alicyclic amines) is 1. The molecule has 0 N–H and O–H groups in total. The van der Waals surface area contributed by atoms with Crippen LogP contribution in [0, 0.1) is 0 Å². The molecule has 2 heteroatoms. The van der Waals surface area contributed by atoms with E-state index < -0.39 is 0 Å². The molecule has 19 heavy (non-hydrogen) atoms. The molecule has 2 atom stereocenters. The molecule has 2 aliphatic rings. The van der Waals surface area contributed by atoms with Crippen LogP contribution < -0.4 is 0 Å². The molecule has 1 nitrogen and oxygen atoms in total. The maximum Gasteiger partial charge on any atom is 0.0236 e. The van der Waals surface area contributed by atoms with Crippen LogP contribution >= 0.6 is 15.9 Å². The molecule has 1 heterocycles. The summed E-state index contributed by atoms with van der Waals surface area (Å²) in [6.07, 6.45) is 7.97. The van der Waals surface area contributed by atoms with Crippen LogP contribution in [0.5, 0.6) is 0 Å². The van der Waals surface area contributed by atoms with Crippen LogP contribution in [0.15, 0.2) is 18.2 Å². The Balaban J connectivity index is 1.67. The maximum absolute atomic E-state index is 3.71. The van der Waals surface area contributed by atoms with Crippen molar-refractivity contribution in [1.29, 1.82) is 0 Å². The molecule has 3 rings (SSSR count). The molecule has 0 radical (unpaired) electrons. The lowest BCUT2D eigenvalue weighted by atomic mass is 10.1. The molecule has 0 saturated carbocycles. The number of aryl methyl sites for hydroxylation is 2. The first-order valence-electron chi connectivity index (χ1n) is 7.71. The average Bonchev–Trinajstić information content (AvgIpc) is 2.98. The quantitative estimate of drug-likeness (QED) is 0.747. The van der Waals surface area contributed by atoms with Crippen molar-refractivity contribution < 1.29 is 0 Å². The third-order valence-electron chi connectivity index (χ3n) is 4.64. The SMILES string of the molecule is CC(Br)CC1CCCN1Cc1ccc2c(c1)CCC2. The summed E-state index contributed by atoms with van der Waals surface area (Å²) >= 11 is 3.71. The first-order chi connectivity index (χ1) is 9.22. The molecule has 1 fully saturated rings. The number of hydrogen-bond acceptors (Lipinski definition) is 1. The molecule has 1 aromatic carbocycles. The second kappa shape index (κ2) is 5.97. The smallest absolute Gasteiger partial charge is 0.0236 e. The molecule has 0 aromatic heterocycles. The van der Waals surface area contributed by atoms with Crippen LogP contribution in [0.1, 0.15) is 49.3 Å². The van der Waals surface area contributed by atoms with Gasteiger partial charge in [-0.25, -0.2) is 0 Å². The second-order valence-corrected chi connectivity index (χ2v) is 7.80. The molecule has 104 valence electrons. The molecule has 1 saturated heterocycles. The van der Waals surface area contributed by atoms with Crippen molar-refractivity contribution in [1.82, 2.24) is 4.90 Å². The second-order valence-electron chi connectivity index (χ2n) is 6.24. The molecule has 1 aromatic rings. The van der Waals surface area contributed by atoms with E-state index >= 15 is 0 Å². The summed E-state index contributed by atoms with van der Waals surface area (Å²) in [5, 5.41) is 0. The highest BCUT2D eigenvalue weighted by atomic mass is 79.9. The van der Waals surface area contributed by atoms with Gasteiger partial charge in [-0.05, 0) is 61.8 Å². The zero-order valence-electron chi connectivity index (χ0n) is 11.9. The van der Waals surface area contributed by atoms with E-state index in [-0.39, 0.29) is 0 Å². The number of fused-ring (bicyclic) bond motifs is 1. The van der Waals surface area contributed by atoms with Crippen molar-refractivity contribution in [2.24, 2.45) is 0 Å². The predicted molar refractivity (Wildman–Crippen MR) is 84.9 cm³/mol. The molecule has 1 aliphatic heterocycles. The van der Waals surface area contributed by atoms with Crippen molar-refractivity contribution in [3.63, 3.8) is 0 Å². The molecule has 1 aliphatic carbocycles. The number of halogens is 1. The van der Waals surface area contributed by atoms with Gasteiger partial charge in [0.1, 0.15) is 0 Å². The first kappa shape index (κ1) is 13.6. The van der Waals surface area contributed by atoms with Crippen LogP contribution in [-0.2, 0) is 19.4 Å². The minimum Gasteiger partial charge on any atom is -0.296 e. The highest BCUT2D eigenvalue weighted by Gasteiger charge is 2.25. The van der Waals surface area contributed by atoms with Gasteiger partial charge in [0.25, 0.3) is 0 Å². The molecule has 0 amide bonds. The monoisotopic (exact) mass is 321 g/mol. The van der Waals surface area contributed by atoms with Gasteiger partial charge in [-0.1, -0.05) is 41.1 Å². The van der Waals surface area contributed by atoms with E-state index in [1.165, 1.54) is 50.6 Å². The van der Waals surface area contributed by atoms with Crippen molar-refractivity contribution in [2.45, 2.75) is 62.9 Å². The summed E-state index contributed by atoms with van der Waals surface area (Å²) in [6, 6.07) is 7.98. The molecular formula is C17H24BrN. The van der Waals surface area contributed by atoms with Gasteiger partial charge in [0, 0.05) is 17.4 Å². The van der Waals surface area contributed by atoms with E-state index in [0.29, 0.717) is 4.83 Å². The summed E-state index contributed by atoms with van der Waals surface area (Å²) in [5.74, 6) is 0. The van der Waals surface area contributed by atoms with Gasteiger partial charge in [0.15, 0.2) is 0 Å². The molecular weight excluding hydrogens is 298 g/mol. The van der Waals surface area contributed by atoms with E-state index in [1.54, 1.807) is 11.1 Å². The van der Waals surface area contributed by atoms with Crippen LogP contribution in [0.4, 0.5) is 0 Å². The maximum atomic E-state index is 3.71. The highest BCUT2D eigenvalue weighted by Crippen LogP contribution is 2.27. The number of benzene rings is 1. The largest absolute Gasteiger partial charge is 0.296 e. The summed E-state index contributed by atoms with van der Waals surface area (Å²) in [7, 11) is 0. The Kier molecular flexibility index (Phi) is 4.28. The lowest BCUT2D eigenvalue weighted by molar-refractivity contribution is 0.235. The highest BCUT2D eigenvalue weighted by molar-refractivity contribution is 9.09. The molecule has 2 unspecified atom stereocenters. The van der Waals surface area contributed by atoms with Crippen LogP contribution in [0.25, 0.3) is 0 Å². The zero-order chi connectivity index (χ0) is 13.2. The number of hydrogen-bond donors (Lipinski definition) is 0. The van der Waals surface area contributed by atoms with Crippen LogP contribution in [0.2, 0.25) is 0 Å². The fourth-order valence-corrected chi connectivity index (χ4v) is 4.13. The fraction of sp³-hybridized carbons (Fsp3) is 0.647. The Morgan fingerprint density at radius 1 is 1.26 bits per heavy atom. The third kappa shape index (κ3) is 3.22. The summed E-state index contributed by atoms with van der Waals surface area (Å²) in [6.45, 7) is 4.70. The van der Waals surface area contributed by atoms with E-state index in [0.717, 1.165) is 12.6 Å². The van der Waals surface area contributed by atoms with Gasteiger partial charge >= 0.3 is 0 Å². The van der Waals surface area contributed by atoms with Gasteiger partial charge in [0.2, 0.25) is 0 Å². The van der Waals surface area contributed by atoms with Crippen molar-refractivity contribution in [3.8, 4) is 0 Å². The normalized spacial score (nSPS) is 24.6. The third-order valence-corrected chi connectivity index (χ3v) is 5.02. The van der Waals surface area contributed by atoms with Crippen LogP contribution in [-0.4, -0.2) is 22.3 Å². The Morgan fingerprint density at radius 3 is 2.95 bits per heavy atom. The van der Waals surface area contributed by atoms with Gasteiger partial charge in [-0.2, -0.15) is 0 Å². The van der Waals surface area contributed by atoms with E-state index in [9.17, 15) is 0 Å². The number of rotatable bonds is 4. The minimum absolute atomic E-state index is 0.637. The van der Waals surface area contributed by atoms with Gasteiger partial charge in [-0.15, -0.1) is 0 Å². The van der Waals surface area contributed by atoms with Crippen molar-refractivity contribution in [2.75, 3.05) is 6.54 Å². The minimum atomic E-state index is 0.637. The van der Waals surface area contributed by atoms with Crippen LogP contribution in [0.3, 0.4) is 0 Å². The summed E-state index contributed by atoms with van der Waals surface area (Å²) in [4.78, 5) is 3.33. The van der Waals surface area contributed by atoms with E-state index in [4.69, 9.17) is 0 Å². The summed E-state index contributed by atoms with van der Waals surface area (Å²) in [5.41, 5.74) is 4.73. The van der Waals surface area contributed by atoms with E-state index in [1.807, 2.05) is 0 Å². The molecule has 0 bridgehead atoms.